The van der Waals surface area contributed by atoms with Crippen molar-refractivity contribution in [1.29, 1.82) is 0 Å². The largest absolute Gasteiger partial charge is 0.497 e. The van der Waals surface area contributed by atoms with Crippen molar-refractivity contribution in [2.75, 3.05) is 7.11 Å². The normalized spacial score (nSPS) is 13.7. The topological polar surface area (TPSA) is 9.23 Å². The van der Waals surface area contributed by atoms with Crippen LogP contribution in [-0.4, -0.2) is 7.11 Å². The van der Waals surface area contributed by atoms with Crippen molar-refractivity contribution < 1.29 is 4.74 Å². The number of hydrogen-bond donors (Lipinski definition) is 0. The number of allylic oxidation sites excluding steroid dienone is 1. The van der Waals surface area contributed by atoms with E-state index < -0.39 is 0 Å². The minimum Gasteiger partial charge on any atom is -0.497 e. The maximum absolute atomic E-state index is 5.32. The van der Waals surface area contributed by atoms with Gasteiger partial charge in [-0.3, -0.25) is 0 Å². The van der Waals surface area contributed by atoms with Gasteiger partial charge in [-0.15, -0.1) is 0 Å². The van der Waals surface area contributed by atoms with E-state index in [1.807, 2.05) is 6.07 Å². The molecule has 0 saturated heterocycles. The molecule has 0 unspecified atom stereocenters. The number of hydrogen-bond acceptors (Lipinski definition) is 1. The summed E-state index contributed by atoms with van der Waals surface area (Å²) in [5.74, 6) is 0.948. The van der Waals surface area contributed by atoms with Gasteiger partial charge in [0.1, 0.15) is 5.75 Å². The molecule has 0 saturated carbocycles. The highest BCUT2D eigenvalue weighted by atomic mass is 16.5. The second kappa shape index (κ2) is 4.93. The molecule has 1 nitrogen and oxygen atoms in total. The highest BCUT2D eigenvalue weighted by Crippen LogP contribution is 2.33. The zero-order valence-electron chi connectivity index (χ0n) is 11.4. The molecule has 2 aromatic carbocycles. The van der Waals surface area contributed by atoms with Crippen LogP contribution in [0.2, 0.25) is 0 Å². The van der Waals surface area contributed by atoms with E-state index in [2.05, 4.69) is 49.4 Å². The summed E-state index contributed by atoms with van der Waals surface area (Å²) >= 11 is 0. The molecule has 96 valence electrons. The molecule has 1 heteroatoms. The number of ether oxygens (including phenoxy) is 1. The van der Waals surface area contributed by atoms with Gasteiger partial charge in [0.2, 0.25) is 0 Å². The Bertz CT molecular complexity index is 638. The highest BCUT2D eigenvalue weighted by Gasteiger charge is 2.14. The van der Waals surface area contributed by atoms with Gasteiger partial charge >= 0.3 is 0 Å². The van der Waals surface area contributed by atoms with Crippen molar-refractivity contribution in [3.8, 4) is 5.75 Å². The first-order valence-corrected chi connectivity index (χ1v) is 6.72. The summed E-state index contributed by atoms with van der Waals surface area (Å²) < 4.78 is 5.32. The van der Waals surface area contributed by atoms with Crippen molar-refractivity contribution in [2.45, 2.75) is 19.8 Å². The van der Waals surface area contributed by atoms with Crippen LogP contribution in [0.25, 0.3) is 5.57 Å². The van der Waals surface area contributed by atoms with E-state index in [9.17, 15) is 0 Å². The summed E-state index contributed by atoms with van der Waals surface area (Å²) in [5, 5.41) is 0. The zero-order valence-corrected chi connectivity index (χ0v) is 11.4. The molecule has 0 aliphatic heterocycles. The van der Waals surface area contributed by atoms with Crippen molar-refractivity contribution in [2.24, 2.45) is 0 Å². The molecule has 0 aromatic heterocycles. The fourth-order valence-corrected chi connectivity index (χ4v) is 2.73. The van der Waals surface area contributed by atoms with Crippen molar-refractivity contribution in [3.63, 3.8) is 0 Å². The minimum atomic E-state index is 0.948. The van der Waals surface area contributed by atoms with E-state index in [0.717, 1.165) is 18.6 Å². The first-order valence-electron chi connectivity index (χ1n) is 6.72. The van der Waals surface area contributed by atoms with Gasteiger partial charge in [0.25, 0.3) is 0 Å². The molecule has 1 aliphatic carbocycles. The van der Waals surface area contributed by atoms with Gasteiger partial charge < -0.3 is 4.74 Å². The number of fused-ring (bicyclic) bond motifs is 1. The second-order valence-corrected chi connectivity index (χ2v) is 5.05. The molecule has 0 fully saturated rings. The quantitative estimate of drug-likeness (QED) is 0.768. The minimum absolute atomic E-state index is 0.948. The molecule has 2 aromatic rings. The summed E-state index contributed by atoms with van der Waals surface area (Å²) in [7, 11) is 1.72. The molecule has 0 amide bonds. The van der Waals surface area contributed by atoms with Crippen LogP contribution in [0.1, 0.15) is 28.7 Å². The fourth-order valence-electron chi connectivity index (χ4n) is 2.73. The molecule has 0 atom stereocenters. The van der Waals surface area contributed by atoms with Crippen LogP contribution < -0.4 is 4.74 Å². The van der Waals surface area contributed by atoms with E-state index in [4.69, 9.17) is 4.74 Å². The average Bonchev–Trinajstić information content (AvgIpc) is 2.46. The third-order valence-electron chi connectivity index (χ3n) is 3.69. The summed E-state index contributed by atoms with van der Waals surface area (Å²) in [4.78, 5) is 0. The highest BCUT2D eigenvalue weighted by molar-refractivity contribution is 5.83. The maximum atomic E-state index is 5.32. The second-order valence-electron chi connectivity index (χ2n) is 5.05. The van der Waals surface area contributed by atoms with Gasteiger partial charge in [-0.25, -0.2) is 0 Å². The molecule has 19 heavy (non-hydrogen) atoms. The van der Waals surface area contributed by atoms with Gasteiger partial charge in [-0.2, -0.15) is 0 Å². The Morgan fingerprint density at radius 3 is 2.74 bits per heavy atom. The lowest BCUT2D eigenvalue weighted by Crippen LogP contribution is -2.01. The van der Waals surface area contributed by atoms with Crippen LogP contribution in [0.15, 0.2) is 48.5 Å². The Balaban J connectivity index is 2.08. The molecule has 3 rings (SSSR count). The number of benzene rings is 2. The van der Waals surface area contributed by atoms with E-state index in [1.54, 1.807) is 7.11 Å². The molecular weight excluding hydrogens is 232 g/mol. The Morgan fingerprint density at radius 1 is 1.05 bits per heavy atom. The van der Waals surface area contributed by atoms with Gasteiger partial charge in [0.15, 0.2) is 0 Å². The van der Waals surface area contributed by atoms with E-state index in [1.165, 1.54) is 27.8 Å². The Hall–Kier alpha value is -2.02. The Labute approximate surface area is 114 Å². The first-order chi connectivity index (χ1) is 9.28. The van der Waals surface area contributed by atoms with Crippen molar-refractivity contribution >= 4 is 5.57 Å². The van der Waals surface area contributed by atoms with Crippen LogP contribution in [0, 0.1) is 6.92 Å². The van der Waals surface area contributed by atoms with Crippen LogP contribution in [-0.2, 0) is 6.42 Å². The number of methoxy groups -OCH3 is 1. The molecule has 0 bridgehead atoms. The predicted octanol–water partition coefficient (Wildman–Crippen LogP) is 4.38. The number of rotatable bonds is 2. The molecule has 0 N–H and O–H groups in total. The smallest absolute Gasteiger partial charge is 0.119 e. The third-order valence-corrected chi connectivity index (χ3v) is 3.69. The standard InChI is InChI=1S/C18H18O/c1-13-5-3-6-14(11-13)17-8-4-7-15-12-16(19-2)9-10-18(15)17/h3,5-6,8-12H,4,7H2,1-2H3. The fraction of sp³-hybridized carbons (Fsp3) is 0.222. The number of aryl methyl sites for hydroxylation is 2. The van der Waals surface area contributed by atoms with Crippen LogP contribution in [0.3, 0.4) is 0 Å². The predicted molar refractivity (Wildman–Crippen MR) is 79.6 cm³/mol. The van der Waals surface area contributed by atoms with E-state index >= 15 is 0 Å². The van der Waals surface area contributed by atoms with E-state index in [-0.39, 0.29) is 0 Å². The molecular formula is C18H18O. The lowest BCUT2D eigenvalue weighted by Gasteiger charge is -2.19. The first kappa shape index (κ1) is 12.0. The summed E-state index contributed by atoms with van der Waals surface area (Å²) in [6, 6.07) is 15.1. The van der Waals surface area contributed by atoms with Gasteiger partial charge in [-0.1, -0.05) is 42.0 Å². The van der Waals surface area contributed by atoms with Gasteiger partial charge in [-0.05, 0) is 54.2 Å². The third kappa shape index (κ3) is 2.28. The molecule has 0 spiro atoms. The van der Waals surface area contributed by atoms with Crippen molar-refractivity contribution in [3.05, 3.63) is 70.8 Å². The van der Waals surface area contributed by atoms with Gasteiger partial charge in [0.05, 0.1) is 7.11 Å². The average molecular weight is 250 g/mol. The van der Waals surface area contributed by atoms with E-state index in [0.29, 0.717) is 0 Å². The molecule has 0 heterocycles. The molecule has 0 radical (unpaired) electrons. The van der Waals surface area contributed by atoms with Crippen LogP contribution >= 0.6 is 0 Å². The lowest BCUT2D eigenvalue weighted by molar-refractivity contribution is 0.414. The van der Waals surface area contributed by atoms with Crippen molar-refractivity contribution in [1.82, 2.24) is 0 Å². The Kier molecular flexibility index (Phi) is 3.12. The van der Waals surface area contributed by atoms with Gasteiger partial charge in [0, 0.05) is 0 Å². The molecule has 1 aliphatic rings. The lowest BCUT2D eigenvalue weighted by atomic mass is 9.86. The summed E-state index contributed by atoms with van der Waals surface area (Å²) in [6.45, 7) is 2.14. The Morgan fingerprint density at radius 2 is 1.95 bits per heavy atom. The monoisotopic (exact) mass is 250 g/mol. The van der Waals surface area contributed by atoms with Crippen LogP contribution in [0.4, 0.5) is 0 Å². The zero-order chi connectivity index (χ0) is 13.2. The maximum Gasteiger partial charge on any atom is 0.119 e. The summed E-state index contributed by atoms with van der Waals surface area (Å²) in [5.41, 5.74) is 6.70. The van der Waals surface area contributed by atoms with Crippen LogP contribution in [0.5, 0.6) is 5.75 Å². The SMILES string of the molecule is COc1ccc2c(c1)CCC=C2c1cccc(C)c1. The summed E-state index contributed by atoms with van der Waals surface area (Å²) in [6.07, 6.45) is 4.55.